The van der Waals surface area contributed by atoms with Crippen LogP contribution in [0.5, 0.6) is 0 Å². The summed E-state index contributed by atoms with van der Waals surface area (Å²) in [4.78, 5) is 30.8. The van der Waals surface area contributed by atoms with Crippen molar-refractivity contribution in [3.8, 4) is 6.07 Å². The predicted octanol–water partition coefficient (Wildman–Crippen LogP) is 3.64. The number of hydrogen-bond acceptors (Lipinski definition) is 6. The number of esters is 1. The zero-order chi connectivity index (χ0) is 25.0. The fourth-order valence-corrected chi connectivity index (χ4v) is 5.40. The van der Waals surface area contributed by atoms with Gasteiger partial charge in [0, 0.05) is 16.9 Å². The largest absolute Gasteiger partial charge is 0.456 e. The molecule has 0 fully saturated rings. The Hall–Kier alpha value is -4.90. The number of nitrogens with two attached hydrogens (primary N) is 1. The number of hydrogen-bond donors (Lipinski definition) is 1. The van der Waals surface area contributed by atoms with Crippen LogP contribution in [0.4, 0.5) is 15.8 Å². The number of benzene rings is 3. The third kappa shape index (κ3) is 2.77. The van der Waals surface area contributed by atoms with E-state index in [2.05, 4.69) is 6.07 Å². The second-order valence-corrected chi connectivity index (χ2v) is 8.73. The lowest BCUT2D eigenvalue weighted by Gasteiger charge is -2.38. The highest BCUT2D eigenvalue weighted by molar-refractivity contribution is 6.19. The van der Waals surface area contributed by atoms with Crippen molar-refractivity contribution in [2.45, 2.75) is 12.0 Å². The maximum Gasteiger partial charge on any atom is 0.338 e. The molecule has 1 atom stereocenters. The maximum atomic E-state index is 14.4. The van der Waals surface area contributed by atoms with Gasteiger partial charge < -0.3 is 15.4 Å². The van der Waals surface area contributed by atoms with Crippen LogP contribution < -0.4 is 15.5 Å². The Labute approximate surface area is 206 Å². The average Bonchev–Trinajstić information content (AvgIpc) is 3.38. The zero-order valence-electron chi connectivity index (χ0n) is 18.9. The SMILES string of the molecule is N#CC1=C(N)N(c2ccccc2)C2=C(C(=O)OC2)[C@@]12C(=O)N(Cc1ccc(F)cc1)c1ccccc12. The second-order valence-electron chi connectivity index (χ2n) is 8.73. The lowest BCUT2D eigenvalue weighted by atomic mass is 9.67. The van der Waals surface area contributed by atoms with Crippen molar-refractivity contribution in [1.82, 2.24) is 0 Å². The molecule has 2 N–H and O–H groups in total. The number of carbonyl (C=O) groups is 2. The molecule has 3 heterocycles. The minimum Gasteiger partial charge on any atom is -0.456 e. The van der Waals surface area contributed by atoms with Gasteiger partial charge in [0.15, 0.2) is 0 Å². The minimum atomic E-state index is -1.75. The van der Waals surface area contributed by atoms with Gasteiger partial charge in [0.2, 0.25) is 5.91 Å². The van der Waals surface area contributed by atoms with Gasteiger partial charge in [0.25, 0.3) is 0 Å². The van der Waals surface area contributed by atoms with Gasteiger partial charge in [-0.1, -0.05) is 48.5 Å². The predicted molar refractivity (Wildman–Crippen MR) is 129 cm³/mol. The molecule has 0 radical (unpaired) electrons. The number of nitrogens with zero attached hydrogens (tertiary/aromatic N) is 3. The molecule has 0 aromatic heterocycles. The van der Waals surface area contributed by atoms with E-state index in [4.69, 9.17) is 10.5 Å². The first kappa shape index (κ1) is 21.6. The Kier molecular flexibility index (Phi) is 4.70. The van der Waals surface area contributed by atoms with Crippen LogP contribution >= 0.6 is 0 Å². The van der Waals surface area contributed by atoms with Gasteiger partial charge in [-0.3, -0.25) is 9.69 Å². The summed E-state index contributed by atoms with van der Waals surface area (Å²) in [6, 6.07) is 24.1. The van der Waals surface area contributed by atoms with E-state index in [9.17, 15) is 19.2 Å². The summed E-state index contributed by atoms with van der Waals surface area (Å²) in [5, 5.41) is 10.4. The molecule has 7 nitrogen and oxygen atoms in total. The smallest absolute Gasteiger partial charge is 0.338 e. The van der Waals surface area contributed by atoms with Gasteiger partial charge in [-0.25, -0.2) is 9.18 Å². The zero-order valence-corrected chi connectivity index (χ0v) is 18.9. The number of cyclic esters (lactones) is 1. The van der Waals surface area contributed by atoms with Crippen LogP contribution in [0.1, 0.15) is 11.1 Å². The number of carbonyl (C=O) groups excluding carboxylic acids is 2. The number of anilines is 2. The third-order valence-corrected chi connectivity index (χ3v) is 6.89. The maximum absolute atomic E-state index is 14.4. The fourth-order valence-electron chi connectivity index (χ4n) is 5.40. The molecule has 1 spiro atoms. The molecule has 3 aromatic carbocycles. The highest BCUT2D eigenvalue weighted by atomic mass is 19.1. The van der Waals surface area contributed by atoms with Crippen molar-refractivity contribution in [1.29, 1.82) is 5.26 Å². The fraction of sp³-hybridized carbons (Fsp3) is 0.107. The number of fused-ring (bicyclic) bond motifs is 3. The first-order chi connectivity index (χ1) is 17.5. The minimum absolute atomic E-state index is 0.0389. The van der Waals surface area contributed by atoms with E-state index in [1.165, 1.54) is 17.0 Å². The van der Waals surface area contributed by atoms with Crippen molar-refractivity contribution in [2.75, 3.05) is 16.4 Å². The van der Waals surface area contributed by atoms with E-state index < -0.39 is 17.3 Å². The molecule has 3 aromatic rings. The molecule has 36 heavy (non-hydrogen) atoms. The van der Waals surface area contributed by atoms with Crippen molar-refractivity contribution < 1.29 is 18.7 Å². The summed E-state index contributed by atoms with van der Waals surface area (Å²) < 4.78 is 19.0. The Morgan fingerprint density at radius 1 is 1.00 bits per heavy atom. The highest BCUT2D eigenvalue weighted by Gasteiger charge is 2.63. The van der Waals surface area contributed by atoms with E-state index in [-0.39, 0.29) is 35.9 Å². The second kappa shape index (κ2) is 7.82. The standard InChI is InChI=1S/C28H19FN4O3/c29-18-12-10-17(11-13-18)15-32-22-9-5-4-8-20(22)28(27(32)35)21(14-30)25(31)33(19-6-2-1-3-7-19)23-16-36-26(34)24(23)28/h1-13H,15-16,31H2/t28-/m0/s1. The molecule has 3 aliphatic rings. The number of halogens is 1. The van der Waals surface area contributed by atoms with Crippen LogP contribution in [0.2, 0.25) is 0 Å². The Morgan fingerprint density at radius 3 is 2.42 bits per heavy atom. The average molecular weight is 478 g/mol. The van der Waals surface area contributed by atoms with Gasteiger partial charge >= 0.3 is 5.97 Å². The number of para-hydroxylation sites is 2. The summed E-state index contributed by atoms with van der Waals surface area (Å²) in [5.41, 5.74) is 7.72. The first-order valence-corrected chi connectivity index (χ1v) is 11.3. The van der Waals surface area contributed by atoms with Crippen molar-refractivity contribution in [3.63, 3.8) is 0 Å². The first-order valence-electron chi connectivity index (χ1n) is 11.3. The summed E-state index contributed by atoms with van der Waals surface area (Å²) in [7, 11) is 0. The number of amides is 1. The molecule has 6 rings (SSSR count). The van der Waals surface area contributed by atoms with Crippen LogP contribution in [-0.2, 0) is 26.3 Å². The summed E-state index contributed by atoms with van der Waals surface area (Å²) in [5.74, 6) is -1.47. The normalized spacial score (nSPS) is 20.6. The molecule has 0 saturated carbocycles. The lowest BCUT2D eigenvalue weighted by Crippen LogP contribution is -2.50. The number of ether oxygens (including phenoxy) is 1. The van der Waals surface area contributed by atoms with Gasteiger partial charge in [-0.15, -0.1) is 0 Å². The molecule has 0 bridgehead atoms. The monoisotopic (exact) mass is 478 g/mol. The molecule has 8 heteroatoms. The summed E-state index contributed by atoms with van der Waals surface area (Å²) >= 11 is 0. The van der Waals surface area contributed by atoms with E-state index >= 15 is 0 Å². The van der Waals surface area contributed by atoms with Crippen LogP contribution in [0.3, 0.4) is 0 Å². The molecule has 176 valence electrons. The van der Waals surface area contributed by atoms with Gasteiger partial charge in [-0.2, -0.15) is 5.26 Å². The van der Waals surface area contributed by atoms with Gasteiger partial charge in [0.05, 0.1) is 23.4 Å². The molecule has 0 unspecified atom stereocenters. The molecule has 1 amide bonds. The van der Waals surface area contributed by atoms with E-state index in [0.29, 0.717) is 28.2 Å². The van der Waals surface area contributed by atoms with Gasteiger partial charge in [-0.05, 0) is 35.9 Å². The highest BCUT2D eigenvalue weighted by Crippen LogP contribution is 2.56. The van der Waals surface area contributed by atoms with Crippen LogP contribution in [0.25, 0.3) is 0 Å². The van der Waals surface area contributed by atoms with Crippen LogP contribution in [-0.4, -0.2) is 18.5 Å². The summed E-state index contributed by atoms with van der Waals surface area (Å²) in [6.45, 7) is 0.0359. The summed E-state index contributed by atoms with van der Waals surface area (Å²) in [6.07, 6.45) is 0. The van der Waals surface area contributed by atoms with Crippen molar-refractivity contribution in [3.05, 3.63) is 118 Å². The van der Waals surface area contributed by atoms with E-state index in [1.807, 2.05) is 18.2 Å². The quantitative estimate of drug-likeness (QED) is 0.577. The molecule has 0 aliphatic carbocycles. The van der Waals surface area contributed by atoms with Gasteiger partial charge in [0.1, 0.15) is 29.7 Å². The lowest BCUT2D eigenvalue weighted by molar-refractivity contribution is -0.137. The molecule has 0 saturated heterocycles. The number of rotatable bonds is 3. The Balaban J connectivity index is 1.61. The Morgan fingerprint density at radius 2 is 1.69 bits per heavy atom. The van der Waals surface area contributed by atoms with Crippen molar-refractivity contribution >= 4 is 23.3 Å². The van der Waals surface area contributed by atoms with E-state index in [0.717, 1.165) is 0 Å². The van der Waals surface area contributed by atoms with Crippen LogP contribution in [0.15, 0.2) is 102 Å². The molecule has 3 aliphatic heterocycles. The van der Waals surface area contributed by atoms with Crippen LogP contribution in [0, 0.1) is 17.1 Å². The third-order valence-electron chi connectivity index (χ3n) is 6.89. The van der Waals surface area contributed by atoms with Crippen molar-refractivity contribution in [2.24, 2.45) is 5.73 Å². The Bertz CT molecular complexity index is 1540. The van der Waals surface area contributed by atoms with E-state index in [1.54, 1.807) is 53.4 Å². The molecular weight excluding hydrogens is 459 g/mol. The topological polar surface area (TPSA) is 99.7 Å². The number of nitriles is 1. The molecular formula is C28H19FN4O3.